The number of nitrogens with zero attached hydrogens (tertiary/aromatic N) is 3. The average molecular weight is 552 g/mol. The van der Waals surface area contributed by atoms with E-state index in [1.165, 1.54) is 60.5 Å². The Morgan fingerprint density at radius 3 is 2.33 bits per heavy atom. The standard InChI is InChI=1S/C28H20F3N3O4S/c1-38-25-16-19(18-4-2-5-21(14-18)28(29,30)31)6-9-24(25)34-23-10-8-22(15-20(23)7-11-27(34)35)39(36,37)17-26-32-12-3-13-33-26/h2-16H,17H2,1H3. The van der Waals surface area contributed by atoms with Gasteiger partial charge in [-0.1, -0.05) is 18.2 Å². The number of pyridine rings is 1. The number of halogens is 3. The molecule has 7 nitrogen and oxygen atoms in total. The molecule has 2 aromatic heterocycles. The van der Waals surface area contributed by atoms with E-state index in [0.717, 1.165) is 12.1 Å². The summed E-state index contributed by atoms with van der Waals surface area (Å²) in [7, 11) is -2.38. The van der Waals surface area contributed by atoms with Gasteiger partial charge in [0.25, 0.3) is 5.56 Å². The van der Waals surface area contributed by atoms with E-state index < -0.39 is 27.1 Å². The molecular weight excluding hydrogens is 531 g/mol. The van der Waals surface area contributed by atoms with Crippen molar-refractivity contribution < 1.29 is 26.3 Å². The number of sulfone groups is 1. The summed E-state index contributed by atoms with van der Waals surface area (Å²) in [5, 5.41) is 0.480. The minimum Gasteiger partial charge on any atom is -0.495 e. The van der Waals surface area contributed by atoms with Crippen LogP contribution in [-0.4, -0.2) is 30.1 Å². The maximum atomic E-state index is 13.2. The Labute approximate surface area is 221 Å². The van der Waals surface area contributed by atoms with Crippen LogP contribution in [0.4, 0.5) is 13.2 Å². The van der Waals surface area contributed by atoms with Gasteiger partial charge in [-0.15, -0.1) is 0 Å². The fourth-order valence-corrected chi connectivity index (χ4v) is 5.48. The molecule has 0 fully saturated rings. The van der Waals surface area contributed by atoms with Crippen molar-refractivity contribution in [1.82, 2.24) is 14.5 Å². The van der Waals surface area contributed by atoms with Gasteiger partial charge in [-0.3, -0.25) is 9.36 Å². The molecule has 3 aromatic carbocycles. The molecule has 0 N–H and O–H groups in total. The maximum Gasteiger partial charge on any atom is 0.416 e. The molecule has 11 heteroatoms. The number of alkyl halides is 3. The van der Waals surface area contributed by atoms with E-state index in [9.17, 15) is 26.4 Å². The summed E-state index contributed by atoms with van der Waals surface area (Å²) in [6, 6.07) is 18.4. The molecule has 0 amide bonds. The van der Waals surface area contributed by atoms with E-state index in [1.54, 1.807) is 30.3 Å². The highest BCUT2D eigenvalue weighted by Gasteiger charge is 2.30. The third-order valence-electron chi connectivity index (χ3n) is 6.11. The summed E-state index contributed by atoms with van der Waals surface area (Å²) in [6.07, 6.45) is -1.57. The highest BCUT2D eigenvalue weighted by atomic mass is 32.2. The molecule has 5 aromatic rings. The van der Waals surface area contributed by atoms with Crippen molar-refractivity contribution in [3.63, 3.8) is 0 Å². The number of methoxy groups -OCH3 is 1. The molecule has 198 valence electrons. The van der Waals surface area contributed by atoms with Gasteiger partial charge in [0, 0.05) is 23.8 Å². The Hall–Kier alpha value is -4.51. The molecule has 0 unspecified atom stereocenters. The zero-order valence-electron chi connectivity index (χ0n) is 20.4. The van der Waals surface area contributed by atoms with Gasteiger partial charge in [0.2, 0.25) is 0 Å². The lowest BCUT2D eigenvalue weighted by molar-refractivity contribution is -0.137. The Morgan fingerprint density at radius 2 is 1.62 bits per heavy atom. The number of hydrogen-bond donors (Lipinski definition) is 0. The van der Waals surface area contributed by atoms with Gasteiger partial charge < -0.3 is 4.74 Å². The quantitative estimate of drug-likeness (QED) is 0.279. The molecule has 0 atom stereocenters. The molecule has 0 bridgehead atoms. The van der Waals surface area contributed by atoms with Crippen LogP contribution < -0.4 is 10.3 Å². The Morgan fingerprint density at radius 1 is 0.872 bits per heavy atom. The van der Waals surface area contributed by atoms with Gasteiger partial charge in [0.1, 0.15) is 17.3 Å². The molecule has 0 aliphatic rings. The van der Waals surface area contributed by atoms with Crippen LogP contribution in [0, 0.1) is 0 Å². The molecule has 0 aliphatic carbocycles. The van der Waals surface area contributed by atoms with Gasteiger partial charge >= 0.3 is 6.18 Å². The van der Waals surface area contributed by atoms with Crippen LogP contribution in [0.3, 0.4) is 0 Å². The number of benzene rings is 3. The monoisotopic (exact) mass is 551 g/mol. The van der Waals surface area contributed by atoms with Crippen molar-refractivity contribution in [3.05, 3.63) is 113 Å². The van der Waals surface area contributed by atoms with E-state index in [4.69, 9.17) is 4.74 Å². The fraction of sp³-hybridized carbons (Fsp3) is 0.107. The van der Waals surface area contributed by atoms with Gasteiger partial charge in [0.15, 0.2) is 9.84 Å². The third-order valence-corrected chi connectivity index (χ3v) is 7.72. The van der Waals surface area contributed by atoms with E-state index in [-0.39, 0.29) is 22.2 Å². The molecule has 39 heavy (non-hydrogen) atoms. The largest absolute Gasteiger partial charge is 0.495 e. The van der Waals surface area contributed by atoms with Gasteiger partial charge in [-0.05, 0) is 65.7 Å². The number of fused-ring (bicyclic) bond motifs is 1. The number of rotatable bonds is 6. The maximum absolute atomic E-state index is 13.2. The molecular formula is C28H20F3N3O4S. The molecule has 5 rings (SSSR count). The second-order valence-electron chi connectivity index (χ2n) is 8.62. The fourth-order valence-electron chi connectivity index (χ4n) is 4.24. The van der Waals surface area contributed by atoms with Crippen LogP contribution in [-0.2, 0) is 21.8 Å². The van der Waals surface area contributed by atoms with Crippen molar-refractivity contribution >= 4 is 20.7 Å². The van der Waals surface area contributed by atoms with Gasteiger partial charge in [0.05, 0.1) is 28.8 Å². The number of aromatic nitrogens is 3. The van der Waals surface area contributed by atoms with Crippen LogP contribution >= 0.6 is 0 Å². The highest BCUT2D eigenvalue weighted by Crippen LogP contribution is 2.35. The zero-order valence-corrected chi connectivity index (χ0v) is 21.2. The predicted octanol–water partition coefficient (Wildman–Crippen LogP) is 5.45. The average Bonchev–Trinajstić information content (AvgIpc) is 2.92. The van der Waals surface area contributed by atoms with Crippen LogP contribution in [0.15, 0.2) is 101 Å². The van der Waals surface area contributed by atoms with Crippen LogP contribution in [0.5, 0.6) is 5.75 Å². The van der Waals surface area contributed by atoms with Crippen LogP contribution in [0.25, 0.3) is 27.7 Å². The Kier molecular flexibility index (Phi) is 6.69. The van der Waals surface area contributed by atoms with Crippen LogP contribution in [0.1, 0.15) is 11.4 Å². The first-order valence-electron chi connectivity index (χ1n) is 11.6. The second-order valence-corrected chi connectivity index (χ2v) is 10.6. The van der Waals surface area contributed by atoms with Crippen molar-refractivity contribution in [3.8, 4) is 22.6 Å². The minimum atomic E-state index is -4.49. The Balaban J connectivity index is 1.58. The lowest BCUT2D eigenvalue weighted by atomic mass is 10.0. The van der Waals surface area contributed by atoms with E-state index in [0.29, 0.717) is 27.7 Å². The smallest absolute Gasteiger partial charge is 0.416 e. The predicted molar refractivity (Wildman–Crippen MR) is 139 cm³/mol. The van der Waals surface area contributed by atoms with Crippen molar-refractivity contribution in [1.29, 1.82) is 0 Å². The summed E-state index contributed by atoms with van der Waals surface area (Å²) < 4.78 is 72.5. The Bertz CT molecular complexity index is 1850. The second kappa shape index (κ2) is 9.99. The molecule has 0 saturated heterocycles. The first-order chi connectivity index (χ1) is 18.6. The van der Waals surface area contributed by atoms with Crippen molar-refractivity contribution in [2.75, 3.05) is 7.11 Å². The van der Waals surface area contributed by atoms with Gasteiger partial charge in [-0.2, -0.15) is 13.2 Å². The molecule has 0 saturated carbocycles. The van der Waals surface area contributed by atoms with E-state index in [2.05, 4.69) is 9.97 Å². The minimum absolute atomic E-state index is 0.0412. The number of ether oxygens (including phenoxy) is 1. The van der Waals surface area contributed by atoms with E-state index >= 15 is 0 Å². The van der Waals surface area contributed by atoms with Crippen molar-refractivity contribution in [2.24, 2.45) is 0 Å². The van der Waals surface area contributed by atoms with Gasteiger partial charge in [-0.25, -0.2) is 18.4 Å². The number of hydrogen-bond acceptors (Lipinski definition) is 6. The van der Waals surface area contributed by atoms with Crippen molar-refractivity contribution in [2.45, 2.75) is 16.8 Å². The first kappa shape index (κ1) is 26.1. The molecule has 0 spiro atoms. The summed E-state index contributed by atoms with van der Waals surface area (Å²) in [5.41, 5.74) is 0.377. The molecule has 0 radical (unpaired) electrons. The molecule has 0 aliphatic heterocycles. The van der Waals surface area contributed by atoms with E-state index in [1.807, 2.05) is 0 Å². The van der Waals surface area contributed by atoms with Crippen LogP contribution in [0.2, 0.25) is 0 Å². The zero-order chi connectivity index (χ0) is 27.8. The molecule has 2 heterocycles. The summed E-state index contributed by atoms with van der Waals surface area (Å²) in [6.45, 7) is 0. The first-order valence-corrected chi connectivity index (χ1v) is 13.2. The topological polar surface area (TPSA) is 91.2 Å². The highest BCUT2D eigenvalue weighted by molar-refractivity contribution is 7.90. The summed E-state index contributed by atoms with van der Waals surface area (Å²) in [4.78, 5) is 21.0. The SMILES string of the molecule is COc1cc(-c2cccc(C(F)(F)F)c2)ccc1-n1c(=O)ccc2cc(S(=O)(=O)Cc3ncccn3)ccc21. The lowest BCUT2D eigenvalue weighted by Crippen LogP contribution is -2.18. The normalized spacial score (nSPS) is 12.0. The summed E-state index contributed by atoms with van der Waals surface area (Å²) >= 11 is 0. The summed E-state index contributed by atoms with van der Waals surface area (Å²) in [5.74, 6) is 0.0229. The third kappa shape index (κ3) is 5.26. The lowest BCUT2D eigenvalue weighted by Gasteiger charge is -2.16.